The van der Waals surface area contributed by atoms with Gasteiger partial charge in [-0.2, -0.15) is 0 Å². The normalized spacial score (nSPS) is 10.8. The number of anilines is 1. The number of halogens is 2. The molecule has 3 aromatic rings. The number of hydrogen-bond donors (Lipinski definition) is 1. The van der Waals surface area contributed by atoms with E-state index in [1.165, 1.54) is 16.0 Å². The maximum Gasteiger partial charge on any atom is 0.265 e. The average Bonchev–Trinajstić information content (AvgIpc) is 2.96. The Hall–Kier alpha value is -0.690. The van der Waals surface area contributed by atoms with Crippen LogP contribution in [0.25, 0.3) is 10.1 Å². The molecule has 0 saturated heterocycles. The van der Waals surface area contributed by atoms with Gasteiger partial charge in [0.1, 0.15) is 0 Å². The number of benzene rings is 1. The molecular weight excluding hydrogens is 410 g/mol. The van der Waals surface area contributed by atoms with Crippen molar-refractivity contribution >= 4 is 76.2 Å². The van der Waals surface area contributed by atoms with Gasteiger partial charge < -0.3 is 5.32 Å². The topological polar surface area (TPSA) is 29.1 Å². The Labute approximate surface area is 134 Å². The fraction of sp³-hybridized carbons (Fsp3) is 0. The summed E-state index contributed by atoms with van der Waals surface area (Å²) in [4.78, 5) is 12.8. The minimum Gasteiger partial charge on any atom is -0.321 e. The molecule has 0 fully saturated rings. The van der Waals surface area contributed by atoms with Gasteiger partial charge >= 0.3 is 0 Å². The zero-order valence-electron chi connectivity index (χ0n) is 9.44. The Balaban J connectivity index is 1.85. The summed E-state index contributed by atoms with van der Waals surface area (Å²) in [6.07, 6.45) is 0. The van der Waals surface area contributed by atoms with E-state index < -0.39 is 0 Å². The van der Waals surface area contributed by atoms with Gasteiger partial charge in [-0.3, -0.25) is 4.79 Å². The molecule has 6 heteroatoms. The van der Waals surface area contributed by atoms with Crippen LogP contribution in [0.15, 0.2) is 44.0 Å². The summed E-state index contributed by atoms with van der Waals surface area (Å²) in [6, 6.07) is 9.80. The fourth-order valence-electron chi connectivity index (χ4n) is 1.70. The predicted octanol–water partition coefficient (Wildman–Crippen LogP) is 5.74. The summed E-state index contributed by atoms with van der Waals surface area (Å²) in [6.45, 7) is 0. The summed E-state index contributed by atoms with van der Waals surface area (Å²) >= 11 is 9.87. The minimum absolute atomic E-state index is 0.0917. The molecule has 0 radical (unpaired) electrons. The number of rotatable bonds is 2. The van der Waals surface area contributed by atoms with Gasteiger partial charge in [-0.05, 0) is 73.0 Å². The highest BCUT2D eigenvalue weighted by molar-refractivity contribution is 9.13. The molecule has 0 saturated carbocycles. The van der Waals surface area contributed by atoms with Crippen molar-refractivity contribution in [3.63, 3.8) is 0 Å². The third-order valence-corrected chi connectivity index (χ3v) is 6.73. The zero-order chi connectivity index (χ0) is 13.4. The third kappa shape index (κ3) is 2.76. The lowest BCUT2D eigenvalue weighted by atomic mass is 10.2. The van der Waals surface area contributed by atoms with E-state index in [2.05, 4.69) is 37.2 Å². The Kier molecular flexibility index (Phi) is 3.75. The van der Waals surface area contributed by atoms with Crippen molar-refractivity contribution < 1.29 is 4.79 Å². The summed E-state index contributed by atoms with van der Waals surface area (Å²) in [5.41, 5.74) is 0.816. The third-order valence-electron chi connectivity index (χ3n) is 2.58. The molecule has 0 atom stereocenters. The van der Waals surface area contributed by atoms with Gasteiger partial charge in [-0.25, -0.2) is 0 Å². The summed E-state index contributed by atoms with van der Waals surface area (Å²) in [5, 5.41) is 6.11. The van der Waals surface area contributed by atoms with E-state index in [1.54, 1.807) is 11.3 Å². The minimum atomic E-state index is -0.0917. The van der Waals surface area contributed by atoms with Crippen LogP contribution in [0.5, 0.6) is 0 Å². The highest BCUT2D eigenvalue weighted by Gasteiger charge is 2.12. The first-order chi connectivity index (χ1) is 9.13. The van der Waals surface area contributed by atoms with Crippen LogP contribution in [-0.4, -0.2) is 5.91 Å². The lowest BCUT2D eigenvalue weighted by molar-refractivity contribution is 0.103. The van der Waals surface area contributed by atoms with Crippen LogP contribution in [0.2, 0.25) is 0 Å². The molecular formula is C13H7Br2NOS2. The van der Waals surface area contributed by atoms with Crippen molar-refractivity contribution in [2.45, 2.75) is 0 Å². The molecule has 0 spiro atoms. The highest BCUT2D eigenvalue weighted by atomic mass is 79.9. The van der Waals surface area contributed by atoms with E-state index >= 15 is 0 Å². The molecule has 2 nitrogen and oxygen atoms in total. The molecule has 1 aromatic carbocycles. The van der Waals surface area contributed by atoms with E-state index in [-0.39, 0.29) is 5.91 Å². The molecule has 19 heavy (non-hydrogen) atoms. The molecule has 96 valence electrons. The molecule has 2 heterocycles. The smallest absolute Gasteiger partial charge is 0.265 e. The largest absolute Gasteiger partial charge is 0.321 e. The van der Waals surface area contributed by atoms with Gasteiger partial charge in [-0.1, -0.05) is 0 Å². The van der Waals surface area contributed by atoms with E-state index in [0.717, 1.165) is 19.3 Å². The second kappa shape index (κ2) is 5.36. The van der Waals surface area contributed by atoms with Crippen LogP contribution in [0.4, 0.5) is 5.69 Å². The number of thiophene rings is 2. The van der Waals surface area contributed by atoms with Gasteiger partial charge in [0, 0.05) is 14.9 Å². The Morgan fingerprint density at radius 2 is 2.00 bits per heavy atom. The number of carbonyl (C=O) groups excluding carboxylic acids is 1. The van der Waals surface area contributed by atoms with Crippen molar-refractivity contribution in [2.24, 2.45) is 0 Å². The Morgan fingerprint density at radius 3 is 2.74 bits per heavy atom. The van der Waals surface area contributed by atoms with Crippen molar-refractivity contribution in [3.05, 3.63) is 48.8 Å². The van der Waals surface area contributed by atoms with Crippen LogP contribution < -0.4 is 5.32 Å². The number of nitrogens with one attached hydrogen (secondary N) is 1. The molecule has 3 rings (SSSR count). The monoisotopic (exact) mass is 415 g/mol. The SMILES string of the molecule is O=C(Nc1ccc2sccc2c1)c1cc(Br)c(Br)s1. The Bertz CT molecular complexity index is 743. The van der Waals surface area contributed by atoms with Crippen LogP contribution in [-0.2, 0) is 0 Å². The average molecular weight is 417 g/mol. The first kappa shape index (κ1) is 13.3. The summed E-state index contributed by atoms with van der Waals surface area (Å²) in [5.74, 6) is -0.0917. The number of hydrogen-bond acceptors (Lipinski definition) is 3. The molecule has 0 aliphatic heterocycles. The van der Waals surface area contributed by atoms with Crippen LogP contribution in [0.3, 0.4) is 0 Å². The molecule has 1 amide bonds. The zero-order valence-corrected chi connectivity index (χ0v) is 14.2. The fourth-order valence-corrected chi connectivity index (χ4v) is 4.40. The molecule has 0 unspecified atom stereocenters. The molecule has 0 aliphatic carbocycles. The second-order valence-electron chi connectivity index (χ2n) is 3.86. The van der Waals surface area contributed by atoms with Gasteiger partial charge in [0.05, 0.1) is 8.66 Å². The van der Waals surface area contributed by atoms with Crippen molar-refractivity contribution in [3.8, 4) is 0 Å². The quantitative estimate of drug-likeness (QED) is 0.566. The van der Waals surface area contributed by atoms with Crippen LogP contribution >= 0.6 is 54.5 Å². The van der Waals surface area contributed by atoms with Gasteiger partial charge in [0.2, 0.25) is 0 Å². The Morgan fingerprint density at radius 1 is 1.16 bits per heavy atom. The maximum atomic E-state index is 12.1. The lowest BCUT2D eigenvalue weighted by Gasteiger charge is -2.03. The summed E-state index contributed by atoms with van der Waals surface area (Å²) < 4.78 is 3.04. The summed E-state index contributed by atoms with van der Waals surface area (Å²) in [7, 11) is 0. The highest BCUT2D eigenvalue weighted by Crippen LogP contribution is 2.33. The number of amides is 1. The van der Waals surface area contributed by atoms with Gasteiger partial charge in [0.25, 0.3) is 5.91 Å². The molecule has 2 aromatic heterocycles. The van der Waals surface area contributed by atoms with Crippen LogP contribution in [0.1, 0.15) is 9.67 Å². The first-order valence-corrected chi connectivity index (χ1v) is 8.65. The standard InChI is InChI=1S/C13H7Br2NOS2/c14-9-6-11(19-12(9)15)13(17)16-8-1-2-10-7(5-8)3-4-18-10/h1-6H,(H,16,17). The van der Waals surface area contributed by atoms with Crippen molar-refractivity contribution in [2.75, 3.05) is 5.32 Å². The first-order valence-electron chi connectivity index (χ1n) is 5.37. The molecule has 0 aliphatic rings. The van der Waals surface area contributed by atoms with E-state index in [4.69, 9.17) is 0 Å². The van der Waals surface area contributed by atoms with E-state index in [0.29, 0.717) is 4.88 Å². The van der Waals surface area contributed by atoms with Gasteiger partial charge in [0.15, 0.2) is 0 Å². The molecule has 1 N–H and O–H groups in total. The molecule has 0 bridgehead atoms. The maximum absolute atomic E-state index is 12.1. The number of fused-ring (bicyclic) bond motifs is 1. The van der Waals surface area contributed by atoms with Crippen molar-refractivity contribution in [1.82, 2.24) is 0 Å². The second-order valence-corrected chi connectivity index (χ2v) is 8.03. The lowest BCUT2D eigenvalue weighted by Crippen LogP contribution is -2.09. The van der Waals surface area contributed by atoms with E-state index in [1.807, 2.05) is 35.7 Å². The van der Waals surface area contributed by atoms with Crippen LogP contribution in [0, 0.1) is 0 Å². The number of carbonyl (C=O) groups is 1. The van der Waals surface area contributed by atoms with Crippen molar-refractivity contribution in [1.29, 1.82) is 0 Å². The van der Waals surface area contributed by atoms with Gasteiger partial charge in [-0.15, -0.1) is 22.7 Å². The van der Waals surface area contributed by atoms with E-state index in [9.17, 15) is 4.79 Å². The predicted molar refractivity (Wildman–Crippen MR) is 89.5 cm³/mol.